The van der Waals surface area contributed by atoms with Crippen molar-refractivity contribution in [3.8, 4) is 11.4 Å². The summed E-state index contributed by atoms with van der Waals surface area (Å²) < 4.78 is 100. The van der Waals surface area contributed by atoms with Crippen LogP contribution in [0.15, 0.2) is 29.5 Å². The van der Waals surface area contributed by atoms with Crippen LogP contribution in [0.2, 0.25) is 5.28 Å². The Bertz CT molecular complexity index is 2780. The first-order valence-corrected chi connectivity index (χ1v) is 27.4. The Hall–Kier alpha value is -5.46. The molecule has 80 heavy (non-hydrogen) atoms. The van der Waals surface area contributed by atoms with Gasteiger partial charge in [-0.2, -0.15) is 29.9 Å². The minimum absolute atomic E-state index is 0.0228. The number of halogens is 5. The van der Waals surface area contributed by atoms with E-state index in [4.69, 9.17) is 65.0 Å². The third-order valence-corrected chi connectivity index (χ3v) is 16.4. The quantitative estimate of drug-likeness (QED) is 0.1000. The molecule has 23 nitrogen and oxygen atoms in total. The van der Waals surface area contributed by atoms with Crippen LogP contribution in [0, 0.1) is 0 Å². The minimum Gasteiger partial charge on any atom is -0.399 e. The van der Waals surface area contributed by atoms with E-state index in [2.05, 4.69) is 54.5 Å². The first-order valence-electron chi connectivity index (χ1n) is 27.1. The highest BCUT2D eigenvalue weighted by Crippen LogP contribution is 2.40. The summed E-state index contributed by atoms with van der Waals surface area (Å²) in [4.78, 5) is 50.4. The molecule has 9 saturated heterocycles. The number of nitrogens with zero attached hydrogens (tertiary/aromatic N) is 14. The molecule has 4 atom stereocenters. The average molecular weight is 1140 g/mol. The van der Waals surface area contributed by atoms with Crippen molar-refractivity contribution < 1.29 is 55.3 Å². The topological polar surface area (TPSA) is 232 Å². The second-order valence-corrected chi connectivity index (χ2v) is 22.8. The number of ether oxygens (including phenoxy) is 6. The Morgan fingerprint density at radius 3 is 1.36 bits per heavy atom. The standard InChI is InChI=1S/C21H25F2N7O3.C15H22BF2N3O2.C15H20ClN5O3/c22-18(23)15-3-17(24)25-4-16(15)19-26-20(29-11-1-2-12(29)6-31-5-11)28-21(27-19)30-13-7-32-9-14(30)10-33-8-13;1-14(2)15(3,4)23-16(22-14)11-8-19-12(20-9-21(5)6)7-10(11)13(17)18;16-13-17-14(20-9-1-2-10(20)4-22-3-9)19-15(18-13)21-11-5-23-7-12(21)8-24-6-11/h3-4,11-14,18H,1-2,5-10H2,(H2,24,25);7-9,13H,1-6H3;9-12H,1-8H2. The summed E-state index contributed by atoms with van der Waals surface area (Å²) in [6.45, 7) is 14.6. The van der Waals surface area contributed by atoms with Crippen LogP contribution in [0.1, 0.15) is 77.4 Å². The molecule has 8 bridgehead atoms. The lowest BCUT2D eigenvalue weighted by Gasteiger charge is -2.45. The lowest BCUT2D eigenvalue weighted by molar-refractivity contribution is -0.0355. The molecule has 9 aliphatic heterocycles. The maximum absolute atomic E-state index is 13.9. The molecule has 4 aromatic rings. The van der Waals surface area contributed by atoms with Gasteiger partial charge < -0.3 is 68.0 Å². The van der Waals surface area contributed by atoms with Crippen molar-refractivity contribution >= 4 is 65.9 Å². The highest BCUT2D eigenvalue weighted by molar-refractivity contribution is 6.62. The largest absolute Gasteiger partial charge is 0.496 e. The molecule has 0 aliphatic carbocycles. The number of fused-ring (bicyclic) bond motifs is 8. The van der Waals surface area contributed by atoms with Gasteiger partial charge in [0.2, 0.25) is 29.1 Å². The van der Waals surface area contributed by atoms with Gasteiger partial charge in [0, 0.05) is 48.6 Å². The number of anilines is 5. The molecule has 29 heteroatoms. The summed E-state index contributed by atoms with van der Waals surface area (Å²) in [5.41, 5.74) is 4.46. The van der Waals surface area contributed by atoms with E-state index < -0.39 is 31.2 Å². The zero-order chi connectivity index (χ0) is 56.0. The smallest absolute Gasteiger partial charge is 0.399 e. The molecule has 9 fully saturated rings. The molecule has 0 amide bonds. The van der Waals surface area contributed by atoms with Crippen LogP contribution in [0.3, 0.4) is 0 Å². The molecule has 13 rings (SSSR count). The van der Waals surface area contributed by atoms with Crippen LogP contribution in [-0.2, 0) is 37.7 Å². The van der Waals surface area contributed by atoms with E-state index in [-0.39, 0.29) is 81.1 Å². The zero-order valence-electron chi connectivity index (χ0n) is 45.5. The third kappa shape index (κ3) is 11.6. The number of nitrogen functional groups attached to an aromatic ring is 1. The summed E-state index contributed by atoms with van der Waals surface area (Å²) in [6.07, 6.45) is 2.94. The van der Waals surface area contributed by atoms with E-state index >= 15 is 0 Å². The lowest BCUT2D eigenvalue weighted by atomic mass is 9.77. The van der Waals surface area contributed by atoms with Gasteiger partial charge in [0.05, 0.1) is 145 Å². The number of morpholine rings is 6. The van der Waals surface area contributed by atoms with Gasteiger partial charge in [-0.05, 0) is 77.1 Å². The van der Waals surface area contributed by atoms with E-state index in [0.29, 0.717) is 102 Å². The number of hydrogen-bond donors (Lipinski definition) is 1. The van der Waals surface area contributed by atoms with Crippen molar-refractivity contribution in [1.29, 1.82) is 0 Å². The molecule has 432 valence electrons. The van der Waals surface area contributed by atoms with E-state index in [1.54, 1.807) is 19.0 Å². The lowest BCUT2D eigenvalue weighted by Crippen LogP contribution is -2.60. The molecule has 13 heterocycles. The Morgan fingerprint density at radius 1 is 0.575 bits per heavy atom. The highest BCUT2D eigenvalue weighted by atomic mass is 35.5. The first kappa shape index (κ1) is 56.4. The fraction of sp³-hybridized carbons (Fsp3) is 0.667. The Labute approximate surface area is 466 Å². The number of aromatic nitrogens is 8. The van der Waals surface area contributed by atoms with Gasteiger partial charge in [-0.3, -0.25) is 0 Å². The molecule has 0 radical (unpaired) electrons. The first-order chi connectivity index (χ1) is 38.4. The predicted molar refractivity (Wildman–Crippen MR) is 288 cm³/mol. The Balaban J connectivity index is 0.000000130. The van der Waals surface area contributed by atoms with Gasteiger partial charge >= 0.3 is 7.12 Å². The van der Waals surface area contributed by atoms with Gasteiger partial charge in [0.15, 0.2) is 11.6 Å². The van der Waals surface area contributed by atoms with Crippen molar-refractivity contribution in [1.82, 2.24) is 44.8 Å². The third-order valence-electron chi connectivity index (χ3n) is 16.2. The van der Waals surface area contributed by atoms with Gasteiger partial charge in [0.25, 0.3) is 12.9 Å². The molecular formula is C51H67BClF4N15O8. The minimum atomic E-state index is -2.75. The van der Waals surface area contributed by atoms with Gasteiger partial charge in [0.1, 0.15) is 5.82 Å². The number of pyridine rings is 2. The SMILES string of the molecule is CN(C)C=Nc1cc(C(F)F)c(B2OC(C)(C)C(C)(C)O2)cn1.Clc1nc(N2C3CCC2COC3)nc(N2C3COCC2COC3)n1.Nc1cc(C(F)F)c(-c2nc(N3C4CCC3COC4)nc(N3C4COCC3COC4)n2)cn1. The summed E-state index contributed by atoms with van der Waals surface area (Å²) >= 11 is 6.25. The van der Waals surface area contributed by atoms with E-state index in [1.807, 2.05) is 27.7 Å². The highest BCUT2D eigenvalue weighted by Gasteiger charge is 2.53. The fourth-order valence-electron chi connectivity index (χ4n) is 11.5. The zero-order valence-corrected chi connectivity index (χ0v) is 46.3. The van der Waals surface area contributed by atoms with E-state index in [0.717, 1.165) is 38.9 Å². The summed E-state index contributed by atoms with van der Waals surface area (Å²) in [6, 6.07) is 3.57. The number of alkyl halides is 4. The van der Waals surface area contributed by atoms with Gasteiger partial charge in [-0.1, -0.05) is 0 Å². The van der Waals surface area contributed by atoms with Gasteiger partial charge in [-0.25, -0.2) is 32.5 Å². The van der Waals surface area contributed by atoms with Crippen molar-refractivity contribution in [2.24, 2.45) is 4.99 Å². The van der Waals surface area contributed by atoms with Gasteiger partial charge in [-0.15, -0.1) is 0 Å². The van der Waals surface area contributed by atoms with Crippen molar-refractivity contribution in [2.45, 2.75) is 126 Å². The van der Waals surface area contributed by atoms with E-state index in [9.17, 15) is 17.6 Å². The summed E-state index contributed by atoms with van der Waals surface area (Å²) in [5.74, 6) is 2.63. The average Bonchev–Trinajstić information content (AvgIpc) is 3.93. The maximum atomic E-state index is 13.9. The van der Waals surface area contributed by atoms with Crippen LogP contribution >= 0.6 is 11.6 Å². The molecule has 9 aliphatic rings. The monoisotopic (exact) mass is 1140 g/mol. The molecule has 0 saturated carbocycles. The van der Waals surface area contributed by atoms with Crippen LogP contribution in [-0.4, -0.2) is 211 Å². The molecule has 0 spiro atoms. The number of rotatable bonds is 10. The Kier molecular flexibility index (Phi) is 16.5. The van der Waals surface area contributed by atoms with Crippen LogP contribution in [0.25, 0.3) is 11.4 Å². The number of nitrogens with two attached hydrogens (primary N) is 1. The molecular weight excluding hydrogens is 1070 g/mol. The second-order valence-electron chi connectivity index (χ2n) is 22.5. The molecule has 0 aromatic carbocycles. The molecule has 4 unspecified atom stereocenters. The van der Waals surface area contributed by atoms with Crippen LogP contribution in [0.5, 0.6) is 0 Å². The molecule has 4 aromatic heterocycles. The van der Waals surface area contributed by atoms with Crippen molar-refractivity contribution in [3.05, 3.63) is 40.9 Å². The van der Waals surface area contributed by atoms with Crippen LogP contribution in [0.4, 0.5) is 53.0 Å². The Morgan fingerprint density at radius 2 is 0.963 bits per heavy atom. The summed E-state index contributed by atoms with van der Waals surface area (Å²) in [5, 5.41) is 0.242. The van der Waals surface area contributed by atoms with E-state index in [1.165, 1.54) is 30.9 Å². The second kappa shape index (κ2) is 23.4. The molecule has 2 N–H and O–H groups in total. The van der Waals surface area contributed by atoms with Crippen molar-refractivity contribution in [2.75, 3.05) is 119 Å². The van der Waals surface area contributed by atoms with Crippen molar-refractivity contribution in [3.63, 3.8) is 0 Å². The maximum Gasteiger partial charge on any atom is 0.496 e. The number of aliphatic imine (C=N–C) groups is 1. The fourth-order valence-corrected chi connectivity index (χ4v) is 11.7. The summed E-state index contributed by atoms with van der Waals surface area (Å²) in [7, 11) is 2.70. The number of hydrogen-bond acceptors (Lipinski definition) is 22. The predicted octanol–water partition coefficient (Wildman–Crippen LogP) is 4.46. The van der Waals surface area contributed by atoms with Crippen LogP contribution < -0.4 is 30.8 Å². The normalized spacial score (nSPS) is 28.3.